The molecule has 14 heavy (non-hydrogen) atoms. The predicted molar refractivity (Wildman–Crippen MR) is 58.0 cm³/mol. The Bertz CT molecular complexity index is 249. The Kier molecular flexibility index (Phi) is 3.25. The van der Waals surface area contributed by atoms with E-state index < -0.39 is 0 Å². The highest BCUT2D eigenvalue weighted by atomic mass is 16.5. The standard InChI is InChI=1S/C12H19NO/c1-10-4-2-3-5-12(10)14-9-11-6-7-13-8-11/h3,5,11,13H,2,4,6-9H2,1H3. The normalized spacial score (nSPS) is 27.1. The Morgan fingerprint density at radius 3 is 3.21 bits per heavy atom. The topological polar surface area (TPSA) is 21.3 Å². The van der Waals surface area contributed by atoms with Crippen LogP contribution in [0.15, 0.2) is 23.5 Å². The quantitative estimate of drug-likeness (QED) is 0.742. The van der Waals surface area contributed by atoms with Crippen molar-refractivity contribution < 1.29 is 4.74 Å². The van der Waals surface area contributed by atoms with E-state index >= 15 is 0 Å². The van der Waals surface area contributed by atoms with Crippen LogP contribution in [0.25, 0.3) is 0 Å². The van der Waals surface area contributed by atoms with E-state index in [0.29, 0.717) is 5.92 Å². The summed E-state index contributed by atoms with van der Waals surface area (Å²) < 4.78 is 5.83. The number of hydrogen-bond acceptors (Lipinski definition) is 2. The molecule has 0 aromatic rings. The predicted octanol–water partition coefficient (Wildman–Crippen LogP) is 2.24. The molecule has 0 saturated carbocycles. The van der Waals surface area contributed by atoms with Crippen molar-refractivity contribution in [3.05, 3.63) is 23.5 Å². The molecule has 0 bridgehead atoms. The second-order valence-electron chi connectivity index (χ2n) is 4.26. The molecule has 1 aliphatic heterocycles. The first kappa shape index (κ1) is 9.78. The zero-order valence-electron chi connectivity index (χ0n) is 8.88. The smallest absolute Gasteiger partial charge is 0.117 e. The molecule has 2 aliphatic rings. The molecule has 0 spiro atoms. The number of allylic oxidation sites excluding steroid dienone is 3. The minimum Gasteiger partial charge on any atom is -0.493 e. The summed E-state index contributed by atoms with van der Waals surface area (Å²) in [5.74, 6) is 1.83. The minimum atomic E-state index is 0.714. The second kappa shape index (κ2) is 4.65. The maximum absolute atomic E-state index is 5.83. The van der Waals surface area contributed by atoms with Crippen LogP contribution in [-0.4, -0.2) is 19.7 Å². The van der Waals surface area contributed by atoms with E-state index in [1.807, 2.05) is 0 Å². The Labute approximate surface area is 86.0 Å². The van der Waals surface area contributed by atoms with Gasteiger partial charge in [0.25, 0.3) is 0 Å². The summed E-state index contributed by atoms with van der Waals surface area (Å²) in [6.45, 7) is 5.33. The molecule has 1 unspecified atom stereocenters. The molecule has 1 aliphatic carbocycles. The van der Waals surface area contributed by atoms with Crippen LogP contribution in [0.5, 0.6) is 0 Å². The minimum absolute atomic E-state index is 0.714. The fourth-order valence-corrected chi connectivity index (χ4v) is 1.99. The monoisotopic (exact) mass is 193 g/mol. The molecule has 2 nitrogen and oxygen atoms in total. The Morgan fingerprint density at radius 1 is 1.57 bits per heavy atom. The molecule has 2 rings (SSSR count). The molecular weight excluding hydrogens is 174 g/mol. The van der Waals surface area contributed by atoms with Crippen molar-refractivity contribution in [2.75, 3.05) is 19.7 Å². The van der Waals surface area contributed by atoms with Crippen LogP contribution < -0.4 is 5.32 Å². The Hall–Kier alpha value is -0.760. The van der Waals surface area contributed by atoms with Gasteiger partial charge in [-0.15, -0.1) is 0 Å². The molecule has 1 atom stereocenters. The zero-order chi connectivity index (χ0) is 9.80. The van der Waals surface area contributed by atoms with Crippen LogP contribution in [0, 0.1) is 5.92 Å². The fourth-order valence-electron chi connectivity index (χ4n) is 1.99. The van der Waals surface area contributed by atoms with Crippen LogP contribution in [0.2, 0.25) is 0 Å². The Morgan fingerprint density at radius 2 is 2.50 bits per heavy atom. The summed E-state index contributed by atoms with van der Waals surface area (Å²) in [5, 5.41) is 3.36. The number of hydrogen-bond donors (Lipinski definition) is 1. The number of rotatable bonds is 3. The van der Waals surface area contributed by atoms with Crippen molar-refractivity contribution in [2.45, 2.75) is 26.2 Å². The van der Waals surface area contributed by atoms with E-state index in [0.717, 1.165) is 31.9 Å². The van der Waals surface area contributed by atoms with Gasteiger partial charge in [0, 0.05) is 12.5 Å². The number of nitrogens with one attached hydrogen (secondary N) is 1. The lowest BCUT2D eigenvalue weighted by molar-refractivity contribution is 0.178. The van der Waals surface area contributed by atoms with Crippen molar-refractivity contribution in [1.82, 2.24) is 5.32 Å². The van der Waals surface area contributed by atoms with Gasteiger partial charge in [-0.3, -0.25) is 0 Å². The van der Waals surface area contributed by atoms with Gasteiger partial charge >= 0.3 is 0 Å². The summed E-state index contributed by atoms with van der Waals surface area (Å²) >= 11 is 0. The first-order chi connectivity index (χ1) is 6.86. The van der Waals surface area contributed by atoms with Gasteiger partial charge < -0.3 is 10.1 Å². The molecular formula is C12H19NO. The van der Waals surface area contributed by atoms with E-state index in [-0.39, 0.29) is 0 Å². The van der Waals surface area contributed by atoms with Gasteiger partial charge in [-0.1, -0.05) is 6.08 Å². The highest BCUT2D eigenvalue weighted by molar-refractivity contribution is 5.23. The van der Waals surface area contributed by atoms with Gasteiger partial charge in [-0.25, -0.2) is 0 Å². The zero-order valence-corrected chi connectivity index (χ0v) is 8.88. The van der Waals surface area contributed by atoms with E-state index in [2.05, 4.69) is 24.4 Å². The molecule has 2 heteroatoms. The van der Waals surface area contributed by atoms with Crippen LogP contribution in [0.3, 0.4) is 0 Å². The summed E-state index contributed by atoms with van der Waals surface area (Å²) in [6, 6.07) is 0. The van der Waals surface area contributed by atoms with Crippen molar-refractivity contribution in [3.63, 3.8) is 0 Å². The van der Waals surface area contributed by atoms with E-state index in [1.54, 1.807) is 0 Å². The lowest BCUT2D eigenvalue weighted by atomic mass is 10.1. The lowest BCUT2D eigenvalue weighted by Gasteiger charge is -2.16. The van der Waals surface area contributed by atoms with Gasteiger partial charge in [-0.2, -0.15) is 0 Å². The number of ether oxygens (including phenoxy) is 1. The third kappa shape index (κ3) is 2.38. The van der Waals surface area contributed by atoms with Gasteiger partial charge in [0.05, 0.1) is 6.61 Å². The van der Waals surface area contributed by atoms with Crippen molar-refractivity contribution in [3.8, 4) is 0 Å². The summed E-state index contributed by atoms with van der Waals surface area (Å²) in [5.41, 5.74) is 1.40. The Balaban J connectivity index is 1.81. The molecule has 0 aromatic carbocycles. The third-order valence-corrected chi connectivity index (χ3v) is 3.01. The maximum atomic E-state index is 5.83. The average Bonchev–Trinajstić information content (AvgIpc) is 2.69. The van der Waals surface area contributed by atoms with E-state index in [4.69, 9.17) is 4.74 Å². The maximum Gasteiger partial charge on any atom is 0.117 e. The lowest BCUT2D eigenvalue weighted by Crippen LogP contribution is -2.14. The van der Waals surface area contributed by atoms with Gasteiger partial charge in [0.15, 0.2) is 0 Å². The molecule has 1 fully saturated rings. The van der Waals surface area contributed by atoms with Crippen LogP contribution in [-0.2, 0) is 4.74 Å². The van der Waals surface area contributed by atoms with Gasteiger partial charge in [0.1, 0.15) is 5.76 Å². The van der Waals surface area contributed by atoms with Crippen LogP contribution >= 0.6 is 0 Å². The summed E-state index contributed by atoms with van der Waals surface area (Å²) in [7, 11) is 0. The van der Waals surface area contributed by atoms with Crippen LogP contribution in [0.1, 0.15) is 26.2 Å². The molecule has 1 N–H and O–H groups in total. The summed E-state index contributed by atoms with van der Waals surface area (Å²) in [6.07, 6.45) is 7.92. The first-order valence-electron chi connectivity index (χ1n) is 5.56. The molecule has 1 heterocycles. The molecule has 0 aromatic heterocycles. The average molecular weight is 193 g/mol. The van der Waals surface area contributed by atoms with Crippen molar-refractivity contribution in [1.29, 1.82) is 0 Å². The van der Waals surface area contributed by atoms with E-state index in [9.17, 15) is 0 Å². The molecule has 0 amide bonds. The van der Waals surface area contributed by atoms with Crippen molar-refractivity contribution >= 4 is 0 Å². The second-order valence-corrected chi connectivity index (χ2v) is 4.26. The largest absolute Gasteiger partial charge is 0.493 e. The molecule has 1 saturated heterocycles. The van der Waals surface area contributed by atoms with Crippen molar-refractivity contribution in [2.24, 2.45) is 5.92 Å². The third-order valence-electron chi connectivity index (χ3n) is 3.01. The molecule has 78 valence electrons. The molecule has 0 radical (unpaired) electrons. The first-order valence-corrected chi connectivity index (χ1v) is 5.56. The van der Waals surface area contributed by atoms with Crippen LogP contribution in [0.4, 0.5) is 0 Å². The van der Waals surface area contributed by atoms with Gasteiger partial charge in [-0.05, 0) is 44.4 Å². The summed E-state index contributed by atoms with van der Waals surface area (Å²) in [4.78, 5) is 0. The van der Waals surface area contributed by atoms with Gasteiger partial charge in [0.2, 0.25) is 0 Å². The SMILES string of the molecule is CC1=C(OCC2CCNC2)C=CCC1. The highest BCUT2D eigenvalue weighted by Gasteiger charge is 2.15. The van der Waals surface area contributed by atoms with E-state index in [1.165, 1.54) is 18.4 Å². The highest BCUT2D eigenvalue weighted by Crippen LogP contribution is 2.20. The fraction of sp³-hybridized carbons (Fsp3) is 0.667.